The molecule has 0 aromatic heterocycles. The number of likely N-dealkylation sites (tertiary alicyclic amines) is 1. The first-order chi connectivity index (χ1) is 9.60. The molecular formula is C15H18BrNO3. The van der Waals surface area contributed by atoms with Crippen molar-refractivity contribution in [1.29, 1.82) is 0 Å². The van der Waals surface area contributed by atoms with E-state index in [2.05, 4.69) is 15.9 Å². The molecule has 3 rings (SSSR count). The molecule has 1 aliphatic heterocycles. The van der Waals surface area contributed by atoms with E-state index in [1.165, 1.54) is 0 Å². The molecule has 4 nitrogen and oxygen atoms in total. The Labute approximate surface area is 126 Å². The van der Waals surface area contributed by atoms with Crippen molar-refractivity contribution >= 4 is 21.8 Å². The van der Waals surface area contributed by atoms with Crippen molar-refractivity contribution < 1.29 is 14.6 Å². The van der Waals surface area contributed by atoms with E-state index in [-0.39, 0.29) is 17.9 Å². The zero-order valence-corrected chi connectivity index (χ0v) is 13.0. The Bertz CT molecular complexity index is 534. The van der Waals surface area contributed by atoms with E-state index in [1.807, 2.05) is 17.0 Å². The van der Waals surface area contributed by atoms with Gasteiger partial charge < -0.3 is 14.7 Å². The van der Waals surface area contributed by atoms with Gasteiger partial charge >= 0.3 is 0 Å². The highest BCUT2D eigenvalue weighted by molar-refractivity contribution is 9.10. The van der Waals surface area contributed by atoms with Crippen LogP contribution in [0.2, 0.25) is 0 Å². The highest BCUT2D eigenvalue weighted by atomic mass is 79.9. The number of ether oxygens (including phenoxy) is 1. The lowest BCUT2D eigenvalue weighted by atomic mass is 10.00. The van der Waals surface area contributed by atoms with Crippen LogP contribution < -0.4 is 4.74 Å². The third-order valence-corrected chi connectivity index (χ3v) is 5.20. The highest BCUT2D eigenvalue weighted by Gasteiger charge is 2.43. The van der Waals surface area contributed by atoms with E-state index < -0.39 is 0 Å². The fourth-order valence-electron chi connectivity index (χ4n) is 3.37. The minimum atomic E-state index is -0.244. The molecule has 1 N–H and O–H groups in total. The summed E-state index contributed by atoms with van der Waals surface area (Å²) in [6, 6.07) is 5.41. The Kier molecular flexibility index (Phi) is 3.73. The van der Waals surface area contributed by atoms with E-state index in [0.717, 1.165) is 23.9 Å². The van der Waals surface area contributed by atoms with Gasteiger partial charge in [-0.2, -0.15) is 0 Å². The number of benzene rings is 1. The van der Waals surface area contributed by atoms with Gasteiger partial charge in [-0.15, -0.1) is 0 Å². The highest BCUT2D eigenvalue weighted by Crippen LogP contribution is 2.39. The van der Waals surface area contributed by atoms with E-state index in [1.54, 1.807) is 13.2 Å². The maximum atomic E-state index is 12.6. The summed E-state index contributed by atoms with van der Waals surface area (Å²) in [7, 11) is 1.59. The Hall–Kier alpha value is -1.07. The minimum Gasteiger partial charge on any atom is -0.497 e. The number of halogens is 1. The summed E-state index contributed by atoms with van der Waals surface area (Å²) in [6.07, 6.45) is 1.65. The van der Waals surface area contributed by atoms with Gasteiger partial charge in [-0.25, -0.2) is 0 Å². The number of aliphatic hydroxyl groups excluding tert-OH is 1. The van der Waals surface area contributed by atoms with Crippen molar-refractivity contribution in [2.45, 2.75) is 18.9 Å². The summed E-state index contributed by atoms with van der Waals surface area (Å²) < 4.78 is 5.96. The molecule has 0 radical (unpaired) electrons. The molecule has 1 heterocycles. The average Bonchev–Trinajstić information content (AvgIpc) is 3.01. The first kappa shape index (κ1) is 13.9. The van der Waals surface area contributed by atoms with Crippen LogP contribution in [0.3, 0.4) is 0 Å². The second kappa shape index (κ2) is 5.37. The van der Waals surface area contributed by atoms with Crippen molar-refractivity contribution in [3.05, 3.63) is 28.2 Å². The summed E-state index contributed by atoms with van der Waals surface area (Å²) in [6.45, 7) is 1.42. The molecule has 1 aromatic carbocycles. The number of methoxy groups -OCH3 is 1. The average molecular weight is 340 g/mol. The second-order valence-electron chi connectivity index (χ2n) is 5.62. The molecule has 5 heteroatoms. The normalized spacial score (nSPS) is 28.6. The third-order valence-electron chi connectivity index (χ3n) is 4.51. The van der Waals surface area contributed by atoms with Crippen molar-refractivity contribution in [3.8, 4) is 5.75 Å². The summed E-state index contributed by atoms with van der Waals surface area (Å²) in [4.78, 5) is 14.5. The van der Waals surface area contributed by atoms with E-state index in [4.69, 9.17) is 4.74 Å². The Morgan fingerprint density at radius 1 is 1.40 bits per heavy atom. The number of fused-ring (bicyclic) bond motifs is 1. The number of aliphatic hydroxyl groups is 1. The van der Waals surface area contributed by atoms with Crippen LogP contribution in [-0.2, 0) is 0 Å². The molecule has 0 bridgehead atoms. The van der Waals surface area contributed by atoms with Crippen LogP contribution in [0.5, 0.6) is 5.75 Å². The predicted octanol–water partition coefficient (Wildman–Crippen LogP) is 2.30. The lowest BCUT2D eigenvalue weighted by Crippen LogP contribution is -2.31. The van der Waals surface area contributed by atoms with Crippen LogP contribution >= 0.6 is 15.9 Å². The fraction of sp³-hybridized carbons (Fsp3) is 0.533. The van der Waals surface area contributed by atoms with Gasteiger partial charge in [0.2, 0.25) is 0 Å². The zero-order valence-electron chi connectivity index (χ0n) is 11.4. The summed E-state index contributed by atoms with van der Waals surface area (Å²) in [5.41, 5.74) is 0.624. The predicted molar refractivity (Wildman–Crippen MR) is 78.8 cm³/mol. The molecule has 20 heavy (non-hydrogen) atoms. The molecule has 1 aliphatic carbocycles. The summed E-state index contributed by atoms with van der Waals surface area (Å²) in [5.74, 6) is 1.40. The maximum Gasteiger partial charge on any atom is 0.255 e. The topological polar surface area (TPSA) is 49.8 Å². The standard InChI is InChI=1S/C15H18BrNO3/c1-20-10-3-4-13(16)11(6-10)15(19)17-7-9-2-5-14(18)12(9)8-17/h3-4,6,9,12,14,18H,2,5,7-8H2,1H3. The quantitative estimate of drug-likeness (QED) is 0.899. The summed E-state index contributed by atoms with van der Waals surface area (Å²) >= 11 is 3.43. The lowest BCUT2D eigenvalue weighted by Gasteiger charge is -2.19. The molecule has 3 unspecified atom stereocenters. The largest absolute Gasteiger partial charge is 0.497 e. The Morgan fingerprint density at radius 2 is 2.20 bits per heavy atom. The first-order valence-corrected chi connectivity index (χ1v) is 7.70. The number of amides is 1. The molecule has 2 aliphatic rings. The molecule has 1 saturated carbocycles. The van der Waals surface area contributed by atoms with Crippen LogP contribution in [0.1, 0.15) is 23.2 Å². The smallest absolute Gasteiger partial charge is 0.255 e. The van der Waals surface area contributed by atoms with Crippen molar-refractivity contribution in [2.24, 2.45) is 11.8 Å². The monoisotopic (exact) mass is 339 g/mol. The van der Waals surface area contributed by atoms with Gasteiger partial charge in [0, 0.05) is 23.5 Å². The number of nitrogens with zero attached hydrogens (tertiary/aromatic N) is 1. The van der Waals surface area contributed by atoms with Crippen molar-refractivity contribution in [1.82, 2.24) is 4.90 Å². The van der Waals surface area contributed by atoms with Gasteiger partial charge in [0.1, 0.15) is 5.75 Å². The second-order valence-corrected chi connectivity index (χ2v) is 6.48. The fourth-order valence-corrected chi connectivity index (χ4v) is 3.78. The van der Waals surface area contributed by atoms with Crippen LogP contribution in [-0.4, -0.2) is 42.2 Å². The lowest BCUT2D eigenvalue weighted by molar-refractivity contribution is 0.0751. The van der Waals surface area contributed by atoms with E-state index in [0.29, 0.717) is 23.8 Å². The van der Waals surface area contributed by atoms with E-state index >= 15 is 0 Å². The Morgan fingerprint density at radius 3 is 2.90 bits per heavy atom. The van der Waals surface area contributed by atoms with Gasteiger partial charge in [0.05, 0.1) is 18.8 Å². The first-order valence-electron chi connectivity index (χ1n) is 6.91. The maximum absolute atomic E-state index is 12.6. The van der Waals surface area contributed by atoms with Crippen LogP contribution in [0.4, 0.5) is 0 Å². The molecule has 1 amide bonds. The van der Waals surface area contributed by atoms with Crippen LogP contribution in [0.15, 0.2) is 22.7 Å². The van der Waals surface area contributed by atoms with Gasteiger partial charge in [-0.3, -0.25) is 4.79 Å². The van der Waals surface area contributed by atoms with Gasteiger partial charge in [0.15, 0.2) is 0 Å². The SMILES string of the molecule is COc1ccc(Br)c(C(=O)N2CC3CCC(O)C3C2)c1. The van der Waals surface area contributed by atoms with Crippen LogP contribution in [0, 0.1) is 11.8 Å². The molecule has 2 fully saturated rings. The van der Waals surface area contributed by atoms with Gasteiger partial charge in [-0.1, -0.05) is 0 Å². The number of hydrogen-bond acceptors (Lipinski definition) is 3. The number of carbonyl (C=O) groups excluding carboxylic acids is 1. The summed E-state index contributed by atoms with van der Waals surface area (Å²) in [5, 5.41) is 9.94. The number of carbonyl (C=O) groups is 1. The molecule has 0 spiro atoms. The van der Waals surface area contributed by atoms with Gasteiger partial charge in [-0.05, 0) is 52.9 Å². The zero-order chi connectivity index (χ0) is 14.3. The van der Waals surface area contributed by atoms with E-state index in [9.17, 15) is 9.90 Å². The molecule has 108 valence electrons. The van der Waals surface area contributed by atoms with Crippen LogP contribution in [0.25, 0.3) is 0 Å². The van der Waals surface area contributed by atoms with Crippen molar-refractivity contribution in [3.63, 3.8) is 0 Å². The number of rotatable bonds is 2. The Balaban J connectivity index is 1.80. The molecule has 3 atom stereocenters. The third kappa shape index (κ3) is 2.33. The number of hydrogen-bond donors (Lipinski definition) is 1. The molecular weight excluding hydrogens is 322 g/mol. The molecule has 1 saturated heterocycles. The van der Waals surface area contributed by atoms with Crippen molar-refractivity contribution in [2.75, 3.05) is 20.2 Å². The van der Waals surface area contributed by atoms with Gasteiger partial charge in [0.25, 0.3) is 5.91 Å². The molecule has 1 aromatic rings. The minimum absolute atomic E-state index is 0.0115.